The Bertz CT molecular complexity index is 989. The van der Waals surface area contributed by atoms with Crippen molar-refractivity contribution in [1.29, 1.82) is 0 Å². The lowest BCUT2D eigenvalue weighted by Gasteiger charge is -2.20. The number of ether oxygens (including phenoxy) is 2. The number of rotatable bonds is 7. The molecule has 0 saturated heterocycles. The SMILES string of the molecule is CC[C@@H](Oc1cccc(C)c1C)C(=O)Nc1cc(Cl)ccc1Oc1ccccc1. The van der Waals surface area contributed by atoms with E-state index in [0.29, 0.717) is 34.4 Å². The van der Waals surface area contributed by atoms with Crippen LogP contribution < -0.4 is 14.8 Å². The van der Waals surface area contributed by atoms with Crippen LogP contribution in [0.15, 0.2) is 66.7 Å². The van der Waals surface area contributed by atoms with Gasteiger partial charge in [-0.05, 0) is 67.8 Å². The highest BCUT2D eigenvalue weighted by Crippen LogP contribution is 2.32. The zero-order chi connectivity index (χ0) is 20.8. The number of nitrogens with one attached hydrogen (secondary N) is 1. The number of para-hydroxylation sites is 1. The van der Waals surface area contributed by atoms with Gasteiger partial charge in [-0.2, -0.15) is 0 Å². The third-order valence-corrected chi connectivity index (χ3v) is 4.89. The predicted molar refractivity (Wildman–Crippen MR) is 117 cm³/mol. The fourth-order valence-electron chi connectivity index (χ4n) is 2.84. The molecular formula is C24H24ClNO3. The molecule has 0 aliphatic carbocycles. The number of carbonyl (C=O) groups excluding carboxylic acids is 1. The lowest BCUT2D eigenvalue weighted by atomic mass is 10.1. The Balaban J connectivity index is 1.79. The highest BCUT2D eigenvalue weighted by molar-refractivity contribution is 6.31. The van der Waals surface area contributed by atoms with Crippen LogP contribution in [0.4, 0.5) is 5.69 Å². The maximum absolute atomic E-state index is 12.9. The molecule has 0 unspecified atom stereocenters. The first-order chi connectivity index (χ1) is 14.0. The molecule has 1 atom stereocenters. The highest BCUT2D eigenvalue weighted by Gasteiger charge is 2.21. The first-order valence-corrected chi connectivity index (χ1v) is 9.92. The Kier molecular flexibility index (Phi) is 6.78. The number of halogens is 1. The molecule has 0 radical (unpaired) electrons. The lowest BCUT2D eigenvalue weighted by molar-refractivity contribution is -0.122. The van der Waals surface area contributed by atoms with E-state index < -0.39 is 6.10 Å². The average molecular weight is 410 g/mol. The third-order valence-electron chi connectivity index (χ3n) is 4.66. The molecule has 0 bridgehead atoms. The first-order valence-electron chi connectivity index (χ1n) is 9.54. The molecule has 5 heteroatoms. The Morgan fingerprint density at radius 3 is 2.48 bits per heavy atom. The van der Waals surface area contributed by atoms with Crippen molar-refractivity contribution in [3.63, 3.8) is 0 Å². The van der Waals surface area contributed by atoms with Crippen molar-refractivity contribution in [3.8, 4) is 17.2 Å². The molecule has 0 aliphatic heterocycles. The van der Waals surface area contributed by atoms with Crippen LogP contribution in [0, 0.1) is 13.8 Å². The Hall–Kier alpha value is -2.98. The van der Waals surface area contributed by atoms with E-state index in [1.54, 1.807) is 18.2 Å². The topological polar surface area (TPSA) is 47.6 Å². The molecule has 0 heterocycles. The van der Waals surface area contributed by atoms with Crippen molar-refractivity contribution in [3.05, 3.63) is 82.9 Å². The molecule has 3 aromatic carbocycles. The zero-order valence-electron chi connectivity index (χ0n) is 16.7. The van der Waals surface area contributed by atoms with Crippen molar-refractivity contribution >= 4 is 23.2 Å². The first kappa shape index (κ1) is 20.7. The summed E-state index contributed by atoms with van der Waals surface area (Å²) >= 11 is 6.15. The van der Waals surface area contributed by atoms with Crippen molar-refractivity contribution < 1.29 is 14.3 Å². The van der Waals surface area contributed by atoms with Crippen LogP contribution >= 0.6 is 11.6 Å². The summed E-state index contributed by atoms with van der Waals surface area (Å²) in [6.07, 6.45) is -0.117. The van der Waals surface area contributed by atoms with Gasteiger partial charge in [0.2, 0.25) is 0 Å². The quantitative estimate of drug-likeness (QED) is 0.481. The van der Waals surface area contributed by atoms with Crippen LogP contribution in [0.25, 0.3) is 0 Å². The fourth-order valence-corrected chi connectivity index (χ4v) is 3.02. The molecule has 29 heavy (non-hydrogen) atoms. The minimum absolute atomic E-state index is 0.256. The van der Waals surface area contributed by atoms with Gasteiger partial charge in [0.25, 0.3) is 5.91 Å². The maximum Gasteiger partial charge on any atom is 0.265 e. The second-order valence-corrected chi connectivity index (χ2v) is 7.19. The van der Waals surface area contributed by atoms with E-state index in [-0.39, 0.29) is 5.91 Å². The summed E-state index contributed by atoms with van der Waals surface area (Å²) in [6, 6.07) is 20.3. The van der Waals surface area contributed by atoms with Gasteiger partial charge in [-0.15, -0.1) is 0 Å². The summed E-state index contributed by atoms with van der Waals surface area (Å²) in [5, 5.41) is 3.41. The van der Waals surface area contributed by atoms with Gasteiger partial charge in [0, 0.05) is 5.02 Å². The van der Waals surface area contributed by atoms with E-state index in [9.17, 15) is 4.79 Å². The van der Waals surface area contributed by atoms with Crippen LogP contribution in [-0.2, 0) is 4.79 Å². The van der Waals surface area contributed by atoms with Crippen molar-refractivity contribution in [1.82, 2.24) is 0 Å². The van der Waals surface area contributed by atoms with E-state index in [1.807, 2.05) is 69.3 Å². The number of aryl methyl sites for hydroxylation is 1. The number of anilines is 1. The van der Waals surface area contributed by atoms with Crippen molar-refractivity contribution in [2.45, 2.75) is 33.3 Å². The Labute approximate surface area is 176 Å². The summed E-state index contributed by atoms with van der Waals surface area (Å²) in [7, 11) is 0. The molecule has 3 rings (SSSR count). The van der Waals surface area contributed by atoms with Gasteiger partial charge in [-0.3, -0.25) is 4.79 Å². The second-order valence-electron chi connectivity index (χ2n) is 6.76. The third kappa shape index (κ3) is 5.30. The smallest absolute Gasteiger partial charge is 0.265 e. The molecule has 150 valence electrons. The summed E-state index contributed by atoms with van der Waals surface area (Å²) in [4.78, 5) is 12.9. The van der Waals surface area contributed by atoms with Crippen molar-refractivity contribution in [2.24, 2.45) is 0 Å². The van der Waals surface area contributed by atoms with Gasteiger partial charge >= 0.3 is 0 Å². The number of amides is 1. The summed E-state index contributed by atoms with van der Waals surface area (Å²) in [5.74, 6) is 1.63. The van der Waals surface area contributed by atoms with Gasteiger partial charge in [0.05, 0.1) is 5.69 Å². The highest BCUT2D eigenvalue weighted by atomic mass is 35.5. The van der Waals surface area contributed by atoms with E-state index in [0.717, 1.165) is 11.1 Å². The zero-order valence-corrected chi connectivity index (χ0v) is 17.5. The van der Waals surface area contributed by atoms with Crippen molar-refractivity contribution in [2.75, 3.05) is 5.32 Å². The minimum atomic E-state index is -0.640. The largest absolute Gasteiger partial charge is 0.480 e. The fraction of sp³-hybridized carbons (Fsp3) is 0.208. The summed E-state index contributed by atoms with van der Waals surface area (Å²) in [5.41, 5.74) is 2.63. The second kappa shape index (κ2) is 9.48. The number of hydrogen-bond donors (Lipinski definition) is 1. The number of carbonyl (C=O) groups is 1. The average Bonchev–Trinajstić information content (AvgIpc) is 2.72. The Morgan fingerprint density at radius 2 is 1.76 bits per heavy atom. The van der Waals surface area contributed by atoms with Gasteiger partial charge in [-0.25, -0.2) is 0 Å². The van der Waals surface area contributed by atoms with Crippen LogP contribution in [0.2, 0.25) is 5.02 Å². The van der Waals surface area contributed by atoms with Crippen LogP contribution in [0.3, 0.4) is 0 Å². The van der Waals surface area contributed by atoms with E-state index in [2.05, 4.69) is 5.32 Å². The van der Waals surface area contributed by atoms with Crippen LogP contribution in [-0.4, -0.2) is 12.0 Å². The molecule has 0 fully saturated rings. The van der Waals surface area contributed by atoms with Crippen LogP contribution in [0.1, 0.15) is 24.5 Å². The molecule has 0 aliphatic rings. The molecular weight excluding hydrogens is 386 g/mol. The van der Waals surface area contributed by atoms with Crippen LogP contribution in [0.5, 0.6) is 17.2 Å². The Morgan fingerprint density at radius 1 is 1.00 bits per heavy atom. The molecule has 4 nitrogen and oxygen atoms in total. The molecule has 0 saturated carbocycles. The normalized spacial score (nSPS) is 11.6. The molecule has 0 spiro atoms. The summed E-state index contributed by atoms with van der Waals surface area (Å²) < 4.78 is 11.9. The standard InChI is InChI=1S/C24H24ClNO3/c1-4-21(29-22-12-8-9-16(2)17(22)3)24(27)26-20-15-18(25)13-14-23(20)28-19-10-6-5-7-11-19/h5-15,21H,4H2,1-3H3,(H,26,27)/t21-/m1/s1. The van der Waals surface area contributed by atoms with E-state index >= 15 is 0 Å². The number of hydrogen-bond acceptors (Lipinski definition) is 3. The molecule has 1 N–H and O–H groups in total. The van der Waals surface area contributed by atoms with Gasteiger partial charge < -0.3 is 14.8 Å². The number of benzene rings is 3. The van der Waals surface area contributed by atoms with Gasteiger partial charge in [-0.1, -0.05) is 48.9 Å². The predicted octanol–water partition coefficient (Wildman–Crippen LogP) is 6.55. The summed E-state index contributed by atoms with van der Waals surface area (Å²) in [6.45, 7) is 5.91. The minimum Gasteiger partial charge on any atom is -0.480 e. The molecule has 3 aromatic rings. The monoisotopic (exact) mass is 409 g/mol. The van der Waals surface area contributed by atoms with Gasteiger partial charge in [0.15, 0.2) is 11.9 Å². The molecule has 1 amide bonds. The lowest BCUT2D eigenvalue weighted by Crippen LogP contribution is -2.32. The molecule has 0 aromatic heterocycles. The van der Waals surface area contributed by atoms with E-state index in [1.165, 1.54) is 0 Å². The van der Waals surface area contributed by atoms with Gasteiger partial charge in [0.1, 0.15) is 11.5 Å². The van der Waals surface area contributed by atoms with E-state index in [4.69, 9.17) is 21.1 Å². The maximum atomic E-state index is 12.9.